The Morgan fingerprint density at radius 3 is 2.79 bits per heavy atom. The average Bonchev–Trinajstić information content (AvgIpc) is 2.98. The van der Waals surface area contributed by atoms with Gasteiger partial charge in [-0.1, -0.05) is 16.8 Å². The van der Waals surface area contributed by atoms with Crippen LogP contribution in [0.15, 0.2) is 18.2 Å². The molecule has 0 bridgehead atoms. The predicted molar refractivity (Wildman–Crippen MR) is 89.0 cm³/mol. The Bertz CT molecular complexity index is 757. The molecule has 1 saturated heterocycles. The van der Waals surface area contributed by atoms with Crippen LogP contribution in [0, 0.1) is 12.7 Å². The Hall–Kier alpha value is -1.99. The number of piperidine rings is 1. The quantitative estimate of drug-likeness (QED) is 0.920. The number of hydrogen-bond donors (Lipinski definition) is 1. The lowest BCUT2D eigenvalue weighted by atomic mass is 10.0. The normalized spacial score (nSPS) is 15.5. The number of benzene rings is 1. The minimum absolute atomic E-state index is 0.00194. The number of amides is 1. The summed E-state index contributed by atoms with van der Waals surface area (Å²) in [6.45, 7) is 3.57. The lowest BCUT2D eigenvalue weighted by molar-refractivity contribution is 0.0696. The number of halogens is 2. The van der Waals surface area contributed by atoms with Crippen LogP contribution in [0.5, 0.6) is 0 Å². The lowest BCUT2D eigenvalue weighted by Gasteiger charge is -2.31. The molecule has 0 aliphatic carbocycles. The summed E-state index contributed by atoms with van der Waals surface area (Å²) < 4.78 is 14.8. The molecule has 1 aliphatic heterocycles. The van der Waals surface area contributed by atoms with Crippen molar-refractivity contribution in [1.29, 1.82) is 0 Å². The fraction of sp³-hybridized carbons (Fsp3) is 0.438. The first-order valence-electron chi connectivity index (χ1n) is 7.84. The van der Waals surface area contributed by atoms with Gasteiger partial charge in [0.05, 0.1) is 16.4 Å². The zero-order chi connectivity index (χ0) is 17.3. The summed E-state index contributed by atoms with van der Waals surface area (Å²) in [5.74, 6) is -0.654. The van der Waals surface area contributed by atoms with Crippen molar-refractivity contribution in [2.75, 3.05) is 20.1 Å². The zero-order valence-electron chi connectivity index (χ0n) is 13.6. The van der Waals surface area contributed by atoms with Gasteiger partial charge in [-0.05, 0) is 51.1 Å². The Morgan fingerprint density at radius 1 is 1.42 bits per heavy atom. The molecule has 6 nitrogen and oxygen atoms in total. The van der Waals surface area contributed by atoms with Crippen LogP contribution in [-0.2, 0) is 0 Å². The summed E-state index contributed by atoms with van der Waals surface area (Å²) in [5.41, 5.74) is 1.47. The summed E-state index contributed by atoms with van der Waals surface area (Å²) >= 11 is 5.82. The summed E-state index contributed by atoms with van der Waals surface area (Å²) in [6.07, 6.45) is 1.84. The third-order valence-electron chi connectivity index (χ3n) is 4.42. The van der Waals surface area contributed by atoms with E-state index in [2.05, 4.69) is 15.6 Å². The van der Waals surface area contributed by atoms with Gasteiger partial charge in [-0.2, -0.15) is 0 Å². The van der Waals surface area contributed by atoms with E-state index < -0.39 is 5.82 Å². The van der Waals surface area contributed by atoms with E-state index >= 15 is 0 Å². The van der Waals surface area contributed by atoms with Crippen molar-refractivity contribution in [3.8, 4) is 5.69 Å². The van der Waals surface area contributed by atoms with E-state index in [0.29, 0.717) is 17.1 Å². The van der Waals surface area contributed by atoms with Gasteiger partial charge in [0.1, 0.15) is 5.82 Å². The summed E-state index contributed by atoms with van der Waals surface area (Å²) in [4.78, 5) is 14.5. The molecular weight excluding hydrogens is 333 g/mol. The first kappa shape index (κ1) is 16.9. The Balaban J connectivity index is 1.86. The molecule has 1 aromatic carbocycles. The fourth-order valence-electron chi connectivity index (χ4n) is 2.92. The number of carbonyl (C=O) groups excluding carboxylic acids is 1. The number of nitrogens with zero attached hydrogens (tertiary/aromatic N) is 4. The van der Waals surface area contributed by atoms with Crippen molar-refractivity contribution in [3.63, 3.8) is 0 Å². The number of carbonyl (C=O) groups is 1. The molecule has 1 amide bonds. The van der Waals surface area contributed by atoms with Crippen LogP contribution < -0.4 is 5.32 Å². The molecule has 8 heteroatoms. The van der Waals surface area contributed by atoms with Crippen molar-refractivity contribution >= 4 is 17.5 Å². The first-order chi connectivity index (χ1) is 11.5. The van der Waals surface area contributed by atoms with Crippen molar-refractivity contribution < 1.29 is 9.18 Å². The van der Waals surface area contributed by atoms with Crippen LogP contribution in [0.4, 0.5) is 4.39 Å². The molecule has 0 spiro atoms. The van der Waals surface area contributed by atoms with Gasteiger partial charge in [0, 0.05) is 13.1 Å². The molecule has 1 N–H and O–H groups in total. The zero-order valence-corrected chi connectivity index (χ0v) is 14.3. The molecular formula is C16H19ClFN5O. The maximum absolute atomic E-state index is 13.3. The summed E-state index contributed by atoms with van der Waals surface area (Å²) in [5, 5.41) is 11.3. The van der Waals surface area contributed by atoms with E-state index in [-0.39, 0.29) is 17.0 Å². The highest BCUT2D eigenvalue weighted by Gasteiger charge is 2.27. The third kappa shape index (κ3) is 3.14. The molecule has 128 valence electrons. The molecule has 1 fully saturated rings. The second-order valence-electron chi connectivity index (χ2n) is 5.93. The maximum atomic E-state index is 13.3. The average molecular weight is 352 g/mol. The number of nitrogens with one attached hydrogen (secondary N) is 1. The van der Waals surface area contributed by atoms with Crippen LogP contribution in [0.3, 0.4) is 0 Å². The molecule has 0 radical (unpaired) electrons. The van der Waals surface area contributed by atoms with Crippen LogP contribution in [-0.4, -0.2) is 52.0 Å². The molecule has 0 saturated carbocycles. The van der Waals surface area contributed by atoms with Crippen LogP contribution in [0.1, 0.15) is 29.0 Å². The van der Waals surface area contributed by atoms with Gasteiger partial charge in [0.15, 0.2) is 5.69 Å². The van der Waals surface area contributed by atoms with Gasteiger partial charge in [0.2, 0.25) is 0 Å². The first-order valence-corrected chi connectivity index (χ1v) is 8.22. The standard InChI is InChI=1S/C16H19ClFN5O/c1-10-15(16(24)22(2)11-5-7-19-8-6-11)20-21-23(10)12-3-4-14(18)13(17)9-12/h3-4,9,11,19H,5-8H2,1-2H3. The number of aromatic nitrogens is 3. The van der Waals surface area contributed by atoms with Gasteiger partial charge in [-0.3, -0.25) is 4.79 Å². The lowest BCUT2D eigenvalue weighted by Crippen LogP contribution is -2.44. The Morgan fingerprint density at radius 2 is 2.12 bits per heavy atom. The van der Waals surface area contributed by atoms with Crippen LogP contribution >= 0.6 is 11.6 Å². The topological polar surface area (TPSA) is 63.1 Å². The highest BCUT2D eigenvalue weighted by molar-refractivity contribution is 6.30. The highest BCUT2D eigenvalue weighted by atomic mass is 35.5. The molecule has 2 aromatic rings. The van der Waals surface area contributed by atoms with Gasteiger partial charge >= 0.3 is 0 Å². The molecule has 1 aromatic heterocycles. The Kier molecular flexibility index (Phi) is 4.82. The second kappa shape index (κ2) is 6.86. The van der Waals surface area contributed by atoms with E-state index in [1.54, 1.807) is 24.9 Å². The second-order valence-corrected chi connectivity index (χ2v) is 6.34. The number of rotatable bonds is 3. The molecule has 0 atom stereocenters. The predicted octanol–water partition coefficient (Wildman–Crippen LogP) is 2.19. The number of hydrogen-bond acceptors (Lipinski definition) is 4. The largest absolute Gasteiger partial charge is 0.337 e. The van der Waals surface area contributed by atoms with E-state index in [1.807, 2.05) is 0 Å². The van der Waals surface area contributed by atoms with E-state index in [1.165, 1.54) is 16.8 Å². The SMILES string of the molecule is Cc1c(C(=O)N(C)C2CCNCC2)nnn1-c1ccc(F)c(Cl)c1. The van der Waals surface area contributed by atoms with Gasteiger partial charge in [0.25, 0.3) is 5.91 Å². The van der Waals surface area contributed by atoms with Gasteiger partial charge in [-0.25, -0.2) is 9.07 Å². The molecule has 3 rings (SSSR count). The van der Waals surface area contributed by atoms with E-state index in [0.717, 1.165) is 25.9 Å². The Labute approximate surface area is 144 Å². The molecule has 0 unspecified atom stereocenters. The smallest absolute Gasteiger partial charge is 0.276 e. The minimum atomic E-state index is -0.500. The van der Waals surface area contributed by atoms with Crippen LogP contribution in [0.25, 0.3) is 5.69 Å². The van der Waals surface area contributed by atoms with Crippen molar-refractivity contribution in [3.05, 3.63) is 40.4 Å². The highest BCUT2D eigenvalue weighted by Crippen LogP contribution is 2.21. The van der Waals surface area contributed by atoms with Crippen molar-refractivity contribution in [1.82, 2.24) is 25.2 Å². The van der Waals surface area contributed by atoms with Crippen molar-refractivity contribution in [2.24, 2.45) is 0 Å². The molecule has 2 heterocycles. The molecule has 1 aliphatic rings. The maximum Gasteiger partial charge on any atom is 0.276 e. The van der Waals surface area contributed by atoms with E-state index in [4.69, 9.17) is 11.6 Å². The van der Waals surface area contributed by atoms with Crippen LogP contribution in [0.2, 0.25) is 5.02 Å². The fourth-order valence-corrected chi connectivity index (χ4v) is 3.09. The van der Waals surface area contributed by atoms with Gasteiger partial charge < -0.3 is 10.2 Å². The summed E-state index contributed by atoms with van der Waals surface area (Å²) in [7, 11) is 1.80. The monoisotopic (exact) mass is 351 g/mol. The third-order valence-corrected chi connectivity index (χ3v) is 4.71. The van der Waals surface area contributed by atoms with E-state index in [9.17, 15) is 9.18 Å². The van der Waals surface area contributed by atoms with Crippen molar-refractivity contribution in [2.45, 2.75) is 25.8 Å². The van der Waals surface area contributed by atoms with Gasteiger partial charge in [-0.15, -0.1) is 5.10 Å². The minimum Gasteiger partial charge on any atom is -0.337 e. The molecule has 24 heavy (non-hydrogen) atoms. The summed E-state index contributed by atoms with van der Waals surface area (Å²) in [6, 6.07) is 4.47.